The van der Waals surface area contributed by atoms with Crippen LogP contribution in [0, 0.1) is 5.41 Å². The molecule has 3 heteroatoms. The number of hydrogen-bond acceptors (Lipinski definition) is 2. The monoisotopic (exact) mass is 111 g/mol. The smallest absolute Gasteiger partial charge is 0.137 e. The molecule has 0 unspecified atom stereocenters. The second-order valence-corrected chi connectivity index (χ2v) is 1.85. The van der Waals surface area contributed by atoms with Crippen molar-refractivity contribution in [3.63, 3.8) is 0 Å². The summed E-state index contributed by atoms with van der Waals surface area (Å²) in [5, 5.41) is 6.94. The minimum atomic E-state index is 0.141. The van der Waals surface area contributed by atoms with Crippen LogP contribution in [0.4, 0.5) is 0 Å². The predicted molar refractivity (Wildman–Crippen MR) is 33.5 cm³/mol. The largest absolute Gasteiger partial charge is 0.383 e. The molecule has 0 saturated heterocycles. The highest BCUT2D eigenvalue weighted by Gasteiger charge is 2.06. The third kappa shape index (κ3) is 0.857. The molecule has 0 aromatic rings. The molecule has 1 rings (SSSR count). The van der Waals surface area contributed by atoms with Crippen molar-refractivity contribution >= 4 is 11.5 Å². The van der Waals surface area contributed by atoms with E-state index in [1.807, 2.05) is 0 Å². The molecule has 0 fully saturated rings. The van der Waals surface area contributed by atoms with E-state index in [9.17, 15) is 0 Å². The lowest BCUT2D eigenvalue weighted by atomic mass is 10.2. The Bertz CT molecular complexity index is 137. The van der Waals surface area contributed by atoms with Gasteiger partial charge in [0.25, 0.3) is 0 Å². The Labute approximate surface area is 48.1 Å². The molecular formula is C5H9N3. The first kappa shape index (κ1) is 5.28. The third-order valence-electron chi connectivity index (χ3n) is 1.19. The molecule has 0 bridgehead atoms. The maximum atomic E-state index is 6.94. The predicted octanol–water partition coefficient (Wildman–Crippen LogP) is 0.157. The highest BCUT2D eigenvalue weighted by molar-refractivity contribution is 6.39. The molecule has 1 aliphatic heterocycles. The molecule has 0 saturated carbocycles. The normalized spacial score (nSPS) is 18.2. The molecule has 1 aliphatic rings. The Morgan fingerprint density at radius 2 is 2.50 bits per heavy atom. The van der Waals surface area contributed by atoms with Gasteiger partial charge < -0.3 is 5.73 Å². The molecule has 8 heavy (non-hydrogen) atoms. The van der Waals surface area contributed by atoms with E-state index in [4.69, 9.17) is 11.1 Å². The van der Waals surface area contributed by atoms with Crippen molar-refractivity contribution in [1.29, 1.82) is 5.41 Å². The molecule has 0 aromatic heterocycles. The molecule has 0 atom stereocenters. The van der Waals surface area contributed by atoms with Gasteiger partial charge in [0, 0.05) is 6.54 Å². The van der Waals surface area contributed by atoms with Crippen LogP contribution in [-0.4, -0.2) is 18.1 Å². The molecule has 3 nitrogen and oxygen atoms in total. The first-order valence-electron chi connectivity index (χ1n) is 2.68. The Kier molecular flexibility index (Phi) is 1.28. The van der Waals surface area contributed by atoms with Crippen LogP contribution in [-0.2, 0) is 0 Å². The Balaban J connectivity index is 2.57. The van der Waals surface area contributed by atoms with Gasteiger partial charge in [-0.2, -0.15) is 0 Å². The van der Waals surface area contributed by atoms with Crippen LogP contribution < -0.4 is 5.73 Å². The summed E-state index contributed by atoms with van der Waals surface area (Å²) in [6.45, 7) is 0.856. The number of rotatable bonds is 1. The second kappa shape index (κ2) is 1.94. The van der Waals surface area contributed by atoms with Gasteiger partial charge in [0.15, 0.2) is 0 Å². The van der Waals surface area contributed by atoms with Gasteiger partial charge in [-0.05, 0) is 12.8 Å². The van der Waals surface area contributed by atoms with Crippen LogP contribution in [0.1, 0.15) is 12.8 Å². The van der Waals surface area contributed by atoms with Gasteiger partial charge in [-0.1, -0.05) is 0 Å². The molecule has 0 spiro atoms. The maximum Gasteiger partial charge on any atom is 0.137 e. The van der Waals surface area contributed by atoms with E-state index in [1.165, 1.54) is 0 Å². The quantitative estimate of drug-likeness (QED) is 0.367. The zero-order valence-electron chi connectivity index (χ0n) is 4.65. The van der Waals surface area contributed by atoms with Crippen LogP contribution >= 0.6 is 0 Å². The number of hydrogen-bond donors (Lipinski definition) is 2. The summed E-state index contributed by atoms with van der Waals surface area (Å²) in [6.07, 6.45) is 1.96. The molecule has 0 radical (unpaired) electrons. The lowest BCUT2D eigenvalue weighted by Gasteiger charge is -1.90. The fraction of sp³-hybridized carbons (Fsp3) is 0.600. The average molecular weight is 111 g/mol. The van der Waals surface area contributed by atoms with Gasteiger partial charge in [-0.3, -0.25) is 10.4 Å². The van der Waals surface area contributed by atoms with E-state index >= 15 is 0 Å². The summed E-state index contributed by atoms with van der Waals surface area (Å²) in [6, 6.07) is 0. The van der Waals surface area contributed by atoms with Gasteiger partial charge in [0.2, 0.25) is 0 Å². The summed E-state index contributed by atoms with van der Waals surface area (Å²) >= 11 is 0. The summed E-state index contributed by atoms with van der Waals surface area (Å²) in [7, 11) is 0. The minimum absolute atomic E-state index is 0.141. The molecule has 0 aromatic carbocycles. The van der Waals surface area contributed by atoms with E-state index in [0.29, 0.717) is 0 Å². The first-order valence-corrected chi connectivity index (χ1v) is 2.68. The molecule has 0 aliphatic carbocycles. The van der Waals surface area contributed by atoms with Gasteiger partial charge in [0.05, 0.1) is 5.71 Å². The number of aliphatic imine (C=N–C) groups is 1. The van der Waals surface area contributed by atoms with E-state index in [0.717, 1.165) is 25.1 Å². The second-order valence-electron chi connectivity index (χ2n) is 1.85. The Morgan fingerprint density at radius 1 is 1.75 bits per heavy atom. The van der Waals surface area contributed by atoms with Crippen molar-refractivity contribution in [2.24, 2.45) is 10.7 Å². The van der Waals surface area contributed by atoms with E-state index in [-0.39, 0.29) is 5.84 Å². The van der Waals surface area contributed by atoms with E-state index in [1.54, 1.807) is 0 Å². The minimum Gasteiger partial charge on any atom is -0.383 e. The average Bonchev–Trinajstić information content (AvgIpc) is 2.12. The zero-order chi connectivity index (χ0) is 5.98. The fourth-order valence-corrected chi connectivity index (χ4v) is 0.759. The van der Waals surface area contributed by atoms with E-state index < -0.39 is 0 Å². The van der Waals surface area contributed by atoms with E-state index in [2.05, 4.69) is 4.99 Å². The van der Waals surface area contributed by atoms with Crippen molar-refractivity contribution in [1.82, 2.24) is 0 Å². The van der Waals surface area contributed by atoms with Gasteiger partial charge in [-0.25, -0.2) is 0 Å². The maximum absolute atomic E-state index is 6.94. The summed E-state index contributed by atoms with van der Waals surface area (Å²) in [4.78, 5) is 4.00. The highest BCUT2D eigenvalue weighted by atomic mass is 14.8. The summed E-state index contributed by atoms with van der Waals surface area (Å²) in [5.74, 6) is 0.141. The molecule has 44 valence electrons. The van der Waals surface area contributed by atoms with Gasteiger partial charge in [-0.15, -0.1) is 0 Å². The highest BCUT2D eigenvalue weighted by Crippen LogP contribution is 2.02. The third-order valence-corrected chi connectivity index (χ3v) is 1.19. The summed E-state index contributed by atoms with van der Waals surface area (Å²) < 4.78 is 0. The molecule has 1 heterocycles. The lowest BCUT2D eigenvalue weighted by molar-refractivity contribution is 0.951. The standard InChI is InChI=1S/C5H9N3/c6-5(7)4-2-1-3-8-4/h1-3H2,(H3,6,7). The van der Waals surface area contributed by atoms with Crippen LogP contribution in [0.25, 0.3) is 0 Å². The summed E-state index contributed by atoms with van der Waals surface area (Å²) in [5.41, 5.74) is 5.93. The molecule has 0 amide bonds. The van der Waals surface area contributed by atoms with Gasteiger partial charge >= 0.3 is 0 Å². The molecular weight excluding hydrogens is 102 g/mol. The van der Waals surface area contributed by atoms with Crippen molar-refractivity contribution in [3.05, 3.63) is 0 Å². The van der Waals surface area contributed by atoms with Crippen LogP contribution in [0.5, 0.6) is 0 Å². The fourth-order valence-electron chi connectivity index (χ4n) is 0.759. The van der Waals surface area contributed by atoms with Crippen molar-refractivity contribution in [3.8, 4) is 0 Å². The van der Waals surface area contributed by atoms with Crippen LogP contribution in [0.3, 0.4) is 0 Å². The van der Waals surface area contributed by atoms with Crippen LogP contribution in [0.15, 0.2) is 4.99 Å². The van der Waals surface area contributed by atoms with Crippen molar-refractivity contribution in [2.45, 2.75) is 12.8 Å². The Hall–Kier alpha value is -0.860. The lowest BCUT2D eigenvalue weighted by Crippen LogP contribution is -2.19. The van der Waals surface area contributed by atoms with Crippen LogP contribution in [0.2, 0.25) is 0 Å². The molecule has 3 N–H and O–H groups in total. The number of amidine groups is 1. The van der Waals surface area contributed by atoms with Crippen molar-refractivity contribution in [2.75, 3.05) is 6.54 Å². The Morgan fingerprint density at radius 3 is 2.75 bits per heavy atom. The van der Waals surface area contributed by atoms with Crippen molar-refractivity contribution < 1.29 is 0 Å². The zero-order valence-corrected chi connectivity index (χ0v) is 4.65. The number of nitrogens with two attached hydrogens (primary N) is 1. The first-order chi connectivity index (χ1) is 3.80. The SMILES string of the molecule is N=C(N)C1=NCCC1. The number of nitrogens with zero attached hydrogens (tertiary/aromatic N) is 1. The van der Waals surface area contributed by atoms with Gasteiger partial charge in [0.1, 0.15) is 5.84 Å². The number of nitrogens with one attached hydrogen (secondary N) is 1. The topological polar surface area (TPSA) is 62.2 Å².